The Balaban J connectivity index is 2.61. The number of carbonyl (C=O) groups is 1. The van der Waals surface area contributed by atoms with Gasteiger partial charge in [0, 0.05) is 34.7 Å². The lowest BCUT2D eigenvalue weighted by Gasteiger charge is -2.21. The van der Waals surface area contributed by atoms with Crippen LogP contribution in [0.1, 0.15) is 19.4 Å². The number of aliphatic hydroxyl groups excluding tert-OH is 1. The monoisotopic (exact) mass is 329 g/mol. The summed E-state index contributed by atoms with van der Waals surface area (Å²) in [6, 6.07) is 4.52. The van der Waals surface area contributed by atoms with Crippen LogP contribution in [0.3, 0.4) is 0 Å². The van der Waals surface area contributed by atoms with Gasteiger partial charge in [-0.25, -0.2) is 4.39 Å². The molecule has 0 unspecified atom stereocenters. The van der Waals surface area contributed by atoms with E-state index >= 15 is 0 Å². The third kappa shape index (κ3) is 5.53. The van der Waals surface area contributed by atoms with Crippen LogP contribution in [0.15, 0.2) is 28.7 Å². The molecular formula is C14H17BrFNO2. The van der Waals surface area contributed by atoms with Gasteiger partial charge < -0.3 is 10.4 Å². The maximum atomic E-state index is 13.4. The van der Waals surface area contributed by atoms with Crippen molar-refractivity contribution in [2.24, 2.45) is 5.41 Å². The highest BCUT2D eigenvalue weighted by molar-refractivity contribution is 9.10. The molecule has 104 valence electrons. The lowest BCUT2D eigenvalue weighted by atomic mass is 9.95. The third-order valence-corrected chi connectivity index (χ3v) is 3.03. The summed E-state index contributed by atoms with van der Waals surface area (Å²) >= 11 is 3.24. The standard InChI is InChI=1S/C14H17BrFNO2/c1-14(2,9-18)8-17-13(19)6-3-10-7-11(15)4-5-12(10)16/h3-7,18H,8-9H2,1-2H3,(H,17,19)/b6-3+. The third-order valence-electron chi connectivity index (χ3n) is 2.54. The minimum atomic E-state index is -0.386. The molecule has 5 heteroatoms. The van der Waals surface area contributed by atoms with Gasteiger partial charge in [0.1, 0.15) is 5.82 Å². The number of halogens is 2. The van der Waals surface area contributed by atoms with E-state index in [0.29, 0.717) is 12.1 Å². The van der Waals surface area contributed by atoms with Crippen LogP contribution in [0.25, 0.3) is 6.08 Å². The molecule has 0 bridgehead atoms. The Hall–Kier alpha value is -1.20. The van der Waals surface area contributed by atoms with Crippen LogP contribution in [0, 0.1) is 11.2 Å². The molecule has 2 N–H and O–H groups in total. The SMILES string of the molecule is CC(C)(CO)CNC(=O)/C=C/c1cc(Br)ccc1F. The number of rotatable bonds is 5. The summed E-state index contributed by atoms with van der Waals surface area (Å²) < 4.78 is 14.2. The molecule has 19 heavy (non-hydrogen) atoms. The zero-order valence-electron chi connectivity index (χ0n) is 10.9. The van der Waals surface area contributed by atoms with Crippen molar-refractivity contribution in [3.8, 4) is 0 Å². The van der Waals surface area contributed by atoms with Gasteiger partial charge in [-0.2, -0.15) is 0 Å². The lowest BCUT2D eigenvalue weighted by molar-refractivity contribution is -0.116. The summed E-state index contributed by atoms with van der Waals surface area (Å²) in [6.45, 7) is 4.01. The Kier molecular flexibility index (Phi) is 5.69. The number of benzene rings is 1. The molecule has 1 amide bonds. The Labute approximate surface area is 120 Å². The minimum absolute atomic E-state index is 0.0166. The fraction of sp³-hybridized carbons (Fsp3) is 0.357. The highest BCUT2D eigenvalue weighted by atomic mass is 79.9. The molecule has 0 saturated carbocycles. The molecule has 0 saturated heterocycles. The number of hydrogen-bond acceptors (Lipinski definition) is 2. The van der Waals surface area contributed by atoms with Crippen LogP contribution in [0.5, 0.6) is 0 Å². The number of carbonyl (C=O) groups excluding carboxylic acids is 1. The average molecular weight is 330 g/mol. The highest BCUT2D eigenvalue weighted by Crippen LogP contribution is 2.16. The van der Waals surface area contributed by atoms with Crippen molar-refractivity contribution < 1.29 is 14.3 Å². The first-order chi connectivity index (χ1) is 8.84. The van der Waals surface area contributed by atoms with Gasteiger partial charge in [-0.15, -0.1) is 0 Å². The van der Waals surface area contributed by atoms with E-state index in [1.54, 1.807) is 12.1 Å². The van der Waals surface area contributed by atoms with Crippen LogP contribution in [0.4, 0.5) is 4.39 Å². The molecule has 1 rings (SSSR count). The predicted octanol–water partition coefficient (Wildman–Crippen LogP) is 2.74. The topological polar surface area (TPSA) is 49.3 Å². The molecule has 3 nitrogen and oxygen atoms in total. The normalized spacial score (nSPS) is 11.8. The van der Waals surface area contributed by atoms with Crippen LogP contribution >= 0.6 is 15.9 Å². The van der Waals surface area contributed by atoms with Crippen molar-refractivity contribution in [3.63, 3.8) is 0 Å². The van der Waals surface area contributed by atoms with Crippen molar-refractivity contribution in [1.29, 1.82) is 0 Å². The summed E-state index contributed by atoms with van der Waals surface area (Å²) in [7, 11) is 0. The summed E-state index contributed by atoms with van der Waals surface area (Å²) in [5, 5.41) is 11.7. The van der Waals surface area contributed by atoms with Crippen molar-refractivity contribution in [2.45, 2.75) is 13.8 Å². The highest BCUT2D eigenvalue weighted by Gasteiger charge is 2.16. The minimum Gasteiger partial charge on any atom is -0.396 e. The molecular weight excluding hydrogens is 313 g/mol. The second kappa shape index (κ2) is 6.82. The maximum Gasteiger partial charge on any atom is 0.244 e. The van der Waals surface area contributed by atoms with Gasteiger partial charge in [0.15, 0.2) is 0 Å². The summed E-state index contributed by atoms with van der Waals surface area (Å²) in [5.41, 5.74) is -0.0317. The number of hydrogen-bond donors (Lipinski definition) is 2. The second-order valence-electron chi connectivity index (χ2n) is 5.04. The lowest BCUT2D eigenvalue weighted by Crippen LogP contribution is -2.35. The summed E-state index contributed by atoms with van der Waals surface area (Å²) in [6.07, 6.45) is 2.69. The molecule has 0 spiro atoms. The van der Waals surface area contributed by atoms with Crippen molar-refractivity contribution in [3.05, 3.63) is 40.1 Å². The van der Waals surface area contributed by atoms with Crippen LogP contribution in [0.2, 0.25) is 0 Å². The molecule has 1 aromatic carbocycles. The molecule has 0 heterocycles. The van der Waals surface area contributed by atoms with Gasteiger partial charge in [-0.3, -0.25) is 4.79 Å². The first-order valence-electron chi connectivity index (χ1n) is 5.86. The van der Waals surface area contributed by atoms with Gasteiger partial charge in [0.05, 0.1) is 0 Å². The maximum absolute atomic E-state index is 13.4. The van der Waals surface area contributed by atoms with E-state index in [1.807, 2.05) is 13.8 Å². The number of amides is 1. The molecule has 1 aromatic rings. The van der Waals surface area contributed by atoms with Crippen molar-refractivity contribution >= 4 is 27.9 Å². The van der Waals surface area contributed by atoms with Crippen molar-refractivity contribution in [2.75, 3.05) is 13.2 Å². The van der Waals surface area contributed by atoms with Crippen LogP contribution < -0.4 is 5.32 Å². The van der Waals surface area contributed by atoms with E-state index in [0.717, 1.165) is 4.47 Å². The predicted molar refractivity (Wildman–Crippen MR) is 77.0 cm³/mol. The largest absolute Gasteiger partial charge is 0.396 e. The van der Waals surface area contributed by atoms with Gasteiger partial charge in [0.2, 0.25) is 5.91 Å². The van der Waals surface area contributed by atoms with E-state index in [9.17, 15) is 9.18 Å². The van der Waals surface area contributed by atoms with E-state index in [2.05, 4.69) is 21.2 Å². The van der Waals surface area contributed by atoms with Gasteiger partial charge >= 0.3 is 0 Å². The molecule has 0 aromatic heterocycles. The molecule has 0 aliphatic rings. The Morgan fingerprint density at radius 3 is 2.84 bits per heavy atom. The second-order valence-corrected chi connectivity index (χ2v) is 5.95. The molecule has 0 fully saturated rings. The summed E-state index contributed by atoms with van der Waals surface area (Å²) in [5.74, 6) is -0.705. The van der Waals surface area contributed by atoms with Gasteiger partial charge in [-0.05, 0) is 24.3 Å². The van der Waals surface area contributed by atoms with Crippen LogP contribution in [-0.4, -0.2) is 24.2 Å². The van der Waals surface area contributed by atoms with E-state index in [1.165, 1.54) is 18.2 Å². The zero-order chi connectivity index (χ0) is 14.5. The van der Waals surface area contributed by atoms with E-state index in [-0.39, 0.29) is 23.7 Å². The Morgan fingerprint density at radius 2 is 2.21 bits per heavy atom. The molecule has 0 aliphatic heterocycles. The van der Waals surface area contributed by atoms with E-state index < -0.39 is 0 Å². The Bertz CT molecular complexity index is 486. The zero-order valence-corrected chi connectivity index (χ0v) is 12.5. The van der Waals surface area contributed by atoms with Crippen LogP contribution in [-0.2, 0) is 4.79 Å². The van der Waals surface area contributed by atoms with E-state index in [4.69, 9.17) is 5.11 Å². The molecule has 0 radical (unpaired) electrons. The first-order valence-corrected chi connectivity index (χ1v) is 6.65. The molecule has 0 aliphatic carbocycles. The smallest absolute Gasteiger partial charge is 0.244 e. The van der Waals surface area contributed by atoms with Gasteiger partial charge in [-0.1, -0.05) is 29.8 Å². The number of nitrogens with one attached hydrogen (secondary N) is 1. The molecule has 0 atom stereocenters. The number of aliphatic hydroxyl groups is 1. The fourth-order valence-electron chi connectivity index (χ4n) is 1.25. The fourth-order valence-corrected chi connectivity index (χ4v) is 1.63. The summed E-state index contributed by atoms with van der Waals surface area (Å²) in [4.78, 5) is 11.6. The van der Waals surface area contributed by atoms with Crippen molar-refractivity contribution in [1.82, 2.24) is 5.32 Å². The Morgan fingerprint density at radius 1 is 1.53 bits per heavy atom. The average Bonchev–Trinajstić information content (AvgIpc) is 2.37. The first kappa shape index (κ1) is 15.9. The quantitative estimate of drug-likeness (QED) is 0.816. The van der Waals surface area contributed by atoms with Gasteiger partial charge in [0.25, 0.3) is 0 Å².